The number of benzene rings is 1. The van der Waals surface area contributed by atoms with Crippen molar-refractivity contribution in [1.82, 2.24) is 9.97 Å². The maximum absolute atomic E-state index is 6.00. The summed E-state index contributed by atoms with van der Waals surface area (Å²) in [4.78, 5) is 12.8. The Kier molecular flexibility index (Phi) is 5.93. The van der Waals surface area contributed by atoms with E-state index in [1.165, 1.54) is 0 Å². The Morgan fingerprint density at radius 1 is 1.41 bits per heavy atom. The van der Waals surface area contributed by atoms with Gasteiger partial charge in [0.15, 0.2) is 0 Å². The molecule has 0 amide bonds. The summed E-state index contributed by atoms with van der Waals surface area (Å²) in [5.41, 5.74) is 8.38. The number of hydrogen-bond donors (Lipinski definition) is 3. The number of aliphatic imine (C=N–C) groups is 1. The van der Waals surface area contributed by atoms with Crippen molar-refractivity contribution in [3.05, 3.63) is 33.5 Å². The van der Waals surface area contributed by atoms with Crippen LogP contribution in [0, 0.1) is 3.57 Å². The molecule has 0 spiro atoms. The monoisotopic (exact) mass is 410 g/mol. The molecule has 1 aromatic heterocycles. The maximum Gasteiger partial charge on any atom is 0.229 e. The SMILES string of the molecule is CCCNc1nc(Nc2ccc(C=NC)c(N)c2)ncc1I. The first-order chi connectivity index (χ1) is 10.6. The van der Waals surface area contributed by atoms with E-state index in [4.69, 9.17) is 5.73 Å². The Hall–Kier alpha value is -1.90. The smallest absolute Gasteiger partial charge is 0.229 e. The number of nitrogens with zero attached hydrogens (tertiary/aromatic N) is 3. The molecule has 4 N–H and O–H groups in total. The largest absolute Gasteiger partial charge is 0.398 e. The molecule has 2 rings (SSSR count). The minimum atomic E-state index is 0.537. The first-order valence-corrected chi connectivity index (χ1v) is 8.07. The van der Waals surface area contributed by atoms with Crippen molar-refractivity contribution in [2.45, 2.75) is 13.3 Å². The minimum Gasteiger partial charge on any atom is -0.398 e. The molecule has 0 aliphatic rings. The van der Waals surface area contributed by atoms with Crippen LogP contribution in [0.4, 0.5) is 23.1 Å². The van der Waals surface area contributed by atoms with E-state index in [1.807, 2.05) is 18.2 Å². The van der Waals surface area contributed by atoms with E-state index in [-0.39, 0.29) is 0 Å². The highest BCUT2D eigenvalue weighted by Gasteiger charge is 2.06. The topological polar surface area (TPSA) is 88.2 Å². The van der Waals surface area contributed by atoms with E-state index in [1.54, 1.807) is 19.5 Å². The number of nitrogens with two attached hydrogens (primary N) is 1. The zero-order valence-electron chi connectivity index (χ0n) is 12.6. The molecule has 7 heteroatoms. The quantitative estimate of drug-likeness (QED) is 0.387. The van der Waals surface area contributed by atoms with Crippen LogP contribution in [-0.2, 0) is 0 Å². The van der Waals surface area contributed by atoms with Crippen molar-refractivity contribution in [1.29, 1.82) is 0 Å². The fraction of sp³-hybridized carbons (Fsp3) is 0.267. The van der Waals surface area contributed by atoms with Crippen LogP contribution in [0.25, 0.3) is 0 Å². The van der Waals surface area contributed by atoms with Gasteiger partial charge in [-0.3, -0.25) is 4.99 Å². The van der Waals surface area contributed by atoms with Gasteiger partial charge < -0.3 is 16.4 Å². The molecule has 1 heterocycles. The van der Waals surface area contributed by atoms with Gasteiger partial charge >= 0.3 is 0 Å². The van der Waals surface area contributed by atoms with E-state index in [9.17, 15) is 0 Å². The molecule has 0 radical (unpaired) electrons. The van der Waals surface area contributed by atoms with E-state index >= 15 is 0 Å². The predicted octanol–water partition coefficient (Wildman–Crippen LogP) is 3.28. The van der Waals surface area contributed by atoms with Crippen molar-refractivity contribution < 1.29 is 0 Å². The van der Waals surface area contributed by atoms with Gasteiger partial charge in [-0.15, -0.1) is 0 Å². The number of anilines is 4. The van der Waals surface area contributed by atoms with Crippen molar-refractivity contribution in [2.24, 2.45) is 4.99 Å². The van der Waals surface area contributed by atoms with E-state index in [0.29, 0.717) is 11.6 Å². The maximum atomic E-state index is 6.00. The lowest BCUT2D eigenvalue weighted by molar-refractivity contribution is 0.963. The second-order valence-electron chi connectivity index (χ2n) is 4.67. The zero-order valence-corrected chi connectivity index (χ0v) is 14.8. The number of nitrogen functional groups attached to an aromatic ring is 1. The van der Waals surface area contributed by atoms with Crippen LogP contribution in [0.5, 0.6) is 0 Å². The summed E-state index contributed by atoms with van der Waals surface area (Å²) in [5.74, 6) is 1.37. The van der Waals surface area contributed by atoms with E-state index in [2.05, 4.69) is 55.1 Å². The molecular weight excluding hydrogens is 391 g/mol. The van der Waals surface area contributed by atoms with Gasteiger partial charge in [0, 0.05) is 42.9 Å². The Bertz CT molecular complexity index is 671. The fourth-order valence-electron chi connectivity index (χ4n) is 1.83. The fourth-order valence-corrected chi connectivity index (χ4v) is 2.28. The van der Waals surface area contributed by atoms with Gasteiger partial charge in [-0.25, -0.2) is 4.98 Å². The van der Waals surface area contributed by atoms with Gasteiger partial charge in [0.1, 0.15) is 5.82 Å². The van der Waals surface area contributed by atoms with Crippen LogP contribution >= 0.6 is 22.6 Å². The van der Waals surface area contributed by atoms with Crippen LogP contribution in [0.15, 0.2) is 29.4 Å². The van der Waals surface area contributed by atoms with Gasteiger partial charge in [-0.2, -0.15) is 4.98 Å². The molecule has 0 fully saturated rings. The molecule has 0 aliphatic carbocycles. The Balaban J connectivity index is 2.18. The molecule has 0 saturated heterocycles. The first-order valence-electron chi connectivity index (χ1n) is 6.99. The lowest BCUT2D eigenvalue weighted by atomic mass is 10.2. The second-order valence-corrected chi connectivity index (χ2v) is 5.84. The van der Waals surface area contributed by atoms with Crippen LogP contribution in [0.1, 0.15) is 18.9 Å². The molecular formula is C15H19IN6. The molecule has 0 bridgehead atoms. The Labute approximate surface area is 143 Å². The molecule has 0 aliphatic heterocycles. The number of halogens is 1. The van der Waals surface area contributed by atoms with Crippen molar-refractivity contribution in [3.8, 4) is 0 Å². The summed E-state index contributed by atoms with van der Waals surface area (Å²) in [7, 11) is 1.72. The Morgan fingerprint density at radius 2 is 2.23 bits per heavy atom. The summed E-state index contributed by atoms with van der Waals surface area (Å²) in [5, 5.41) is 6.45. The summed E-state index contributed by atoms with van der Waals surface area (Å²) < 4.78 is 0.991. The summed E-state index contributed by atoms with van der Waals surface area (Å²) in [6, 6.07) is 5.68. The molecule has 6 nitrogen and oxygen atoms in total. The van der Waals surface area contributed by atoms with E-state index < -0.39 is 0 Å². The molecule has 0 unspecified atom stereocenters. The van der Waals surface area contributed by atoms with E-state index in [0.717, 1.165) is 33.6 Å². The summed E-state index contributed by atoms with van der Waals surface area (Å²) in [6.45, 7) is 2.99. The third kappa shape index (κ3) is 4.30. The van der Waals surface area contributed by atoms with Gasteiger partial charge in [-0.05, 0) is 47.2 Å². The summed E-state index contributed by atoms with van der Waals surface area (Å²) in [6.07, 6.45) is 4.56. The number of aromatic nitrogens is 2. The molecule has 116 valence electrons. The molecule has 0 saturated carbocycles. The Morgan fingerprint density at radius 3 is 2.91 bits per heavy atom. The van der Waals surface area contributed by atoms with Crippen molar-refractivity contribution in [3.63, 3.8) is 0 Å². The van der Waals surface area contributed by atoms with Crippen LogP contribution in [-0.4, -0.2) is 29.8 Å². The third-order valence-electron chi connectivity index (χ3n) is 2.90. The molecule has 22 heavy (non-hydrogen) atoms. The van der Waals surface area contributed by atoms with Gasteiger partial charge in [0.2, 0.25) is 5.95 Å². The highest BCUT2D eigenvalue weighted by Crippen LogP contribution is 2.21. The minimum absolute atomic E-state index is 0.537. The van der Waals surface area contributed by atoms with Crippen LogP contribution in [0.2, 0.25) is 0 Å². The molecule has 0 atom stereocenters. The average molecular weight is 410 g/mol. The average Bonchev–Trinajstić information content (AvgIpc) is 2.50. The zero-order chi connectivity index (χ0) is 15.9. The highest BCUT2D eigenvalue weighted by molar-refractivity contribution is 14.1. The predicted molar refractivity (Wildman–Crippen MR) is 101 cm³/mol. The highest BCUT2D eigenvalue weighted by atomic mass is 127. The van der Waals surface area contributed by atoms with Gasteiger partial charge in [0.25, 0.3) is 0 Å². The standard InChI is InChI=1S/C15H19IN6/c1-3-6-19-14-12(16)9-20-15(22-14)21-11-5-4-10(8-18-2)13(17)7-11/h4-5,7-9H,3,6,17H2,1-2H3,(H2,19,20,21,22). The normalized spacial score (nSPS) is 10.9. The summed E-state index contributed by atoms with van der Waals surface area (Å²) >= 11 is 2.22. The number of hydrogen-bond acceptors (Lipinski definition) is 6. The first kappa shape index (κ1) is 16.5. The molecule has 2 aromatic rings. The number of rotatable bonds is 6. The number of nitrogens with one attached hydrogen (secondary N) is 2. The van der Waals surface area contributed by atoms with Gasteiger partial charge in [-0.1, -0.05) is 6.92 Å². The van der Waals surface area contributed by atoms with Crippen LogP contribution < -0.4 is 16.4 Å². The van der Waals surface area contributed by atoms with Crippen LogP contribution in [0.3, 0.4) is 0 Å². The molecule has 1 aromatic carbocycles. The van der Waals surface area contributed by atoms with Gasteiger partial charge in [0.05, 0.1) is 3.57 Å². The second kappa shape index (κ2) is 7.92. The van der Waals surface area contributed by atoms with Crippen molar-refractivity contribution in [2.75, 3.05) is 30.0 Å². The lowest BCUT2D eigenvalue weighted by Gasteiger charge is -2.10. The van der Waals surface area contributed by atoms with Crippen molar-refractivity contribution >= 4 is 51.9 Å². The lowest BCUT2D eigenvalue weighted by Crippen LogP contribution is -2.07. The third-order valence-corrected chi connectivity index (χ3v) is 3.69.